The molecule has 0 saturated heterocycles. The molecule has 2 N–H and O–H groups in total. The van der Waals surface area contributed by atoms with Crippen molar-refractivity contribution < 1.29 is 14.3 Å². The Bertz CT molecular complexity index is 290. The number of carbonyl (C=O) groups excluding carboxylic acids is 2. The lowest BCUT2D eigenvalue weighted by molar-refractivity contribution is -0.154. The molecular weight excluding hydrogens is 218 g/mol. The minimum atomic E-state index is -1.13. The van der Waals surface area contributed by atoms with Gasteiger partial charge in [-0.1, -0.05) is 19.8 Å². The number of nitrogens with two attached hydrogens (primary N) is 1. The van der Waals surface area contributed by atoms with Gasteiger partial charge in [0, 0.05) is 12.3 Å². The van der Waals surface area contributed by atoms with Crippen LogP contribution in [0.5, 0.6) is 0 Å². The van der Waals surface area contributed by atoms with E-state index in [-0.39, 0.29) is 11.7 Å². The topological polar surface area (TPSA) is 69.4 Å². The summed E-state index contributed by atoms with van der Waals surface area (Å²) in [4.78, 5) is 24.0. The van der Waals surface area contributed by atoms with E-state index < -0.39 is 11.5 Å². The summed E-state index contributed by atoms with van der Waals surface area (Å²) in [7, 11) is 0. The molecule has 0 aromatic carbocycles. The van der Waals surface area contributed by atoms with Gasteiger partial charge in [0.15, 0.2) is 0 Å². The summed E-state index contributed by atoms with van der Waals surface area (Å²) in [5, 5.41) is 0. The van der Waals surface area contributed by atoms with Crippen LogP contribution in [-0.4, -0.2) is 23.9 Å². The van der Waals surface area contributed by atoms with Crippen LogP contribution in [0, 0.1) is 5.92 Å². The number of carbonyl (C=O) groups is 2. The Hall–Kier alpha value is -0.900. The van der Waals surface area contributed by atoms with Crippen molar-refractivity contribution >= 4 is 11.8 Å². The van der Waals surface area contributed by atoms with Crippen molar-refractivity contribution in [3.63, 3.8) is 0 Å². The third-order valence-electron chi connectivity index (χ3n) is 3.67. The molecule has 2 atom stereocenters. The third-order valence-corrected chi connectivity index (χ3v) is 3.67. The first-order valence-corrected chi connectivity index (χ1v) is 6.55. The molecule has 0 heterocycles. The third kappa shape index (κ3) is 3.06. The second-order valence-electron chi connectivity index (χ2n) is 4.73. The Balaban J connectivity index is 2.89. The van der Waals surface area contributed by atoms with Gasteiger partial charge in [-0.2, -0.15) is 0 Å². The van der Waals surface area contributed by atoms with Gasteiger partial charge in [0.1, 0.15) is 11.3 Å². The van der Waals surface area contributed by atoms with Gasteiger partial charge in [0.05, 0.1) is 6.61 Å². The minimum absolute atomic E-state index is 0.125. The Morgan fingerprint density at radius 3 is 2.71 bits per heavy atom. The van der Waals surface area contributed by atoms with Crippen LogP contribution in [0.4, 0.5) is 0 Å². The molecule has 0 aliphatic heterocycles. The molecule has 0 bridgehead atoms. The molecule has 4 heteroatoms. The van der Waals surface area contributed by atoms with Crippen molar-refractivity contribution in [2.75, 3.05) is 6.61 Å². The van der Waals surface area contributed by atoms with E-state index in [0.29, 0.717) is 25.9 Å². The summed E-state index contributed by atoms with van der Waals surface area (Å²) in [6.07, 6.45) is 4.63. The fourth-order valence-corrected chi connectivity index (χ4v) is 2.50. The molecule has 98 valence electrons. The first-order chi connectivity index (χ1) is 8.06. The highest BCUT2D eigenvalue weighted by Crippen LogP contribution is 2.31. The van der Waals surface area contributed by atoms with E-state index in [2.05, 4.69) is 0 Å². The molecule has 1 fully saturated rings. The van der Waals surface area contributed by atoms with Crippen molar-refractivity contribution in [2.45, 2.75) is 57.9 Å². The van der Waals surface area contributed by atoms with Crippen LogP contribution in [0.15, 0.2) is 0 Å². The fourth-order valence-electron chi connectivity index (χ4n) is 2.50. The maximum absolute atomic E-state index is 12.0. The Labute approximate surface area is 103 Å². The molecule has 17 heavy (non-hydrogen) atoms. The summed E-state index contributed by atoms with van der Waals surface area (Å²) in [5.41, 5.74) is 5.04. The molecule has 0 unspecified atom stereocenters. The number of hydrogen-bond acceptors (Lipinski definition) is 4. The minimum Gasteiger partial charge on any atom is -0.465 e. The van der Waals surface area contributed by atoms with Gasteiger partial charge in [-0.15, -0.1) is 0 Å². The lowest BCUT2D eigenvalue weighted by Crippen LogP contribution is -2.56. The zero-order chi connectivity index (χ0) is 12.9. The normalized spacial score (nSPS) is 24.9. The SMILES string of the molecule is CCOC(=O)[C@](N)(CC)[C@@H]1CCCCCC1=O. The van der Waals surface area contributed by atoms with Crippen molar-refractivity contribution in [3.05, 3.63) is 0 Å². The van der Waals surface area contributed by atoms with Crippen molar-refractivity contribution in [3.8, 4) is 0 Å². The first-order valence-electron chi connectivity index (χ1n) is 6.55. The van der Waals surface area contributed by atoms with Gasteiger partial charge in [-0.25, -0.2) is 0 Å². The maximum atomic E-state index is 12.0. The second-order valence-corrected chi connectivity index (χ2v) is 4.73. The van der Waals surface area contributed by atoms with Crippen LogP contribution in [0.1, 0.15) is 52.4 Å². The van der Waals surface area contributed by atoms with Crippen molar-refractivity contribution in [1.82, 2.24) is 0 Å². The summed E-state index contributed by atoms with van der Waals surface area (Å²) < 4.78 is 5.02. The highest BCUT2D eigenvalue weighted by Gasteiger charge is 2.45. The Morgan fingerprint density at radius 2 is 2.12 bits per heavy atom. The van der Waals surface area contributed by atoms with E-state index in [0.717, 1.165) is 19.3 Å². The number of ketones is 1. The molecule has 1 rings (SSSR count). The summed E-state index contributed by atoms with van der Waals surface area (Å²) in [6.45, 7) is 3.90. The zero-order valence-electron chi connectivity index (χ0n) is 10.8. The van der Waals surface area contributed by atoms with E-state index in [1.165, 1.54) is 0 Å². The molecule has 0 radical (unpaired) electrons. The van der Waals surface area contributed by atoms with Crippen molar-refractivity contribution in [2.24, 2.45) is 11.7 Å². The number of Topliss-reactive ketones (excluding diaryl/α,β-unsaturated/α-hetero) is 1. The highest BCUT2D eigenvalue weighted by atomic mass is 16.5. The van der Waals surface area contributed by atoms with E-state index in [1.54, 1.807) is 6.92 Å². The van der Waals surface area contributed by atoms with Crippen LogP contribution in [0.2, 0.25) is 0 Å². The molecule has 0 spiro atoms. The fraction of sp³-hybridized carbons (Fsp3) is 0.846. The first kappa shape index (κ1) is 14.2. The number of hydrogen-bond donors (Lipinski definition) is 1. The molecule has 0 aromatic rings. The standard InChI is InChI=1S/C13H23NO3/c1-3-13(14,12(16)17-4-2)10-8-6-5-7-9-11(10)15/h10H,3-9,14H2,1-2H3/t10-,13+/m1/s1. The van der Waals surface area contributed by atoms with Crippen LogP contribution in [0.25, 0.3) is 0 Å². The predicted molar refractivity (Wildman–Crippen MR) is 65.4 cm³/mol. The molecular formula is C13H23NO3. The zero-order valence-corrected chi connectivity index (χ0v) is 10.8. The Morgan fingerprint density at radius 1 is 1.41 bits per heavy atom. The quantitative estimate of drug-likeness (QED) is 0.602. The number of ether oxygens (including phenoxy) is 1. The molecule has 1 aliphatic rings. The van der Waals surface area contributed by atoms with Crippen LogP contribution in [-0.2, 0) is 14.3 Å². The molecule has 1 saturated carbocycles. The largest absolute Gasteiger partial charge is 0.465 e. The lowest BCUT2D eigenvalue weighted by atomic mass is 9.77. The molecule has 4 nitrogen and oxygen atoms in total. The second kappa shape index (κ2) is 6.15. The van der Waals surface area contributed by atoms with Crippen LogP contribution >= 0.6 is 0 Å². The lowest BCUT2D eigenvalue weighted by Gasteiger charge is -2.32. The Kier molecular flexibility index (Phi) is 5.12. The number of rotatable bonds is 4. The van der Waals surface area contributed by atoms with Gasteiger partial charge in [-0.05, 0) is 26.2 Å². The van der Waals surface area contributed by atoms with Gasteiger partial charge >= 0.3 is 5.97 Å². The van der Waals surface area contributed by atoms with E-state index >= 15 is 0 Å². The van der Waals surface area contributed by atoms with E-state index in [1.807, 2.05) is 6.92 Å². The van der Waals surface area contributed by atoms with E-state index in [9.17, 15) is 9.59 Å². The monoisotopic (exact) mass is 241 g/mol. The van der Waals surface area contributed by atoms with E-state index in [4.69, 9.17) is 10.5 Å². The summed E-state index contributed by atoms with van der Waals surface area (Å²) in [5.74, 6) is -0.670. The van der Waals surface area contributed by atoms with Crippen molar-refractivity contribution in [1.29, 1.82) is 0 Å². The summed E-state index contributed by atoms with van der Waals surface area (Å²) in [6, 6.07) is 0. The molecule has 0 amide bonds. The van der Waals surface area contributed by atoms with Gasteiger partial charge in [-0.3, -0.25) is 9.59 Å². The predicted octanol–water partition coefficient (Wildman–Crippen LogP) is 1.81. The molecule has 1 aliphatic carbocycles. The van der Waals surface area contributed by atoms with Crippen LogP contribution in [0.3, 0.4) is 0 Å². The van der Waals surface area contributed by atoms with Gasteiger partial charge in [0.25, 0.3) is 0 Å². The number of esters is 1. The smallest absolute Gasteiger partial charge is 0.326 e. The summed E-state index contributed by atoms with van der Waals surface area (Å²) >= 11 is 0. The highest BCUT2D eigenvalue weighted by molar-refractivity contribution is 5.91. The van der Waals surface area contributed by atoms with Crippen LogP contribution < -0.4 is 5.73 Å². The van der Waals surface area contributed by atoms with Gasteiger partial charge in [0.2, 0.25) is 0 Å². The van der Waals surface area contributed by atoms with Gasteiger partial charge < -0.3 is 10.5 Å². The maximum Gasteiger partial charge on any atom is 0.326 e. The average molecular weight is 241 g/mol. The average Bonchev–Trinajstić information content (AvgIpc) is 2.53. The molecule has 0 aromatic heterocycles.